The second-order valence-corrected chi connectivity index (χ2v) is 12.6. The smallest absolute Gasteiger partial charge is 0.307 e. The summed E-state index contributed by atoms with van der Waals surface area (Å²) >= 11 is 0. The molecule has 0 aromatic carbocycles. The van der Waals surface area contributed by atoms with Crippen molar-refractivity contribution in [2.24, 2.45) is 17.8 Å². The number of rotatable bonds is 8. The summed E-state index contributed by atoms with van der Waals surface area (Å²) in [4.78, 5) is 26.2. The molecule has 5 fully saturated rings. The van der Waals surface area contributed by atoms with Crippen molar-refractivity contribution >= 4 is 11.8 Å². The zero-order chi connectivity index (χ0) is 30.5. The molecule has 3 aliphatic carbocycles. The third-order valence-corrected chi connectivity index (χ3v) is 10.3. The Balaban J connectivity index is 1.57. The summed E-state index contributed by atoms with van der Waals surface area (Å²) in [7, 11) is 0. The van der Waals surface area contributed by atoms with E-state index in [-0.39, 0.29) is 5.57 Å². The Bertz CT molecular complexity index is 1330. The number of fused-ring (bicyclic) bond motifs is 3. The van der Waals surface area contributed by atoms with Crippen LogP contribution in [-0.2, 0) is 33.3 Å². The number of carbonyl (C=O) groups excluding carboxylic acids is 2. The number of Topliss-reactive ketones (excluding diaryl/α,β-unsaturated/α-hetero) is 1. The summed E-state index contributed by atoms with van der Waals surface area (Å²) < 4.78 is 32.3. The summed E-state index contributed by atoms with van der Waals surface area (Å²) in [6, 6.07) is 0. The maximum atomic E-state index is 13.6. The van der Waals surface area contributed by atoms with E-state index in [2.05, 4.69) is 19.6 Å². The number of unbranched alkanes of at least 4 members (excludes halogenated alkanes) is 1. The Labute approximate surface area is 245 Å². The van der Waals surface area contributed by atoms with Gasteiger partial charge in [0.25, 0.3) is 0 Å². The molecule has 0 spiro atoms. The molecule has 2 saturated carbocycles. The molecule has 3 heterocycles. The third kappa shape index (κ3) is 3.45. The number of hydrogen-bond acceptors (Lipinski definition) is 10. The van der Waals surface area contributed by atoms with E-state index in [9.17, 15) is 24.9 Å². The van der Waals surface area contributed by atoms with Gasteiger partial charge in [0.05, 0.1) is 12.2 Å². The normalized spacial score (nSPS) is 50.1. The average Bonchev–Trinajstić information content (AvgIpc) is 3.57. The van der Waals surface area contributed by atoms with Crippen LogP contribution in [0.4, 0.5) is 0 Å². The number of ether oxygens (including phenoxy) is 5. The molecular formula is C32H40O10. The second kappa shape index (κ2) is 9.53. The van der Waals surface area contributed by atoms with Gasteiger partial charge in [-0.05, 0) is 31.4 Å². The van der Waals surface area contributed by atoms with Gasteiger partial charge in [-0.25, -0.2) is 0 Å². The van der Waals surface area contributed by atoms with Crippen molar-refractivity contribution < 1.29 is 48.6 Å². The molecule has 42 heavy (non-hydrogen) atoms. The molecule has 10 heteroatoms. The van der Waals surface area contributed by atoms with Gasteiger partial charge in [0.15, 0.2) is 17.0 Å². The lowest BCUT2D eigenvalue weighted by molar-refractivity contribution is -0.407. The first-order chi connectivity index (χ1) is 19.8. The van der Waals surface area contributed by atoms with Crippen LogP contribution in [-0.4, -0.2) is 86.5 Å². The van der Waals surface area contributed by atoms with Gasteiger partial charge in [-0.1, -0.05) is 63.3 Å². The molecule has 6 aliphatic rings. The third-order valence-electron chi connectivity index (χ3n) is 10.3. The molecule has 3 aliphatic heterocycles. The standard InChI is InChI=1S/C32H40O10/c1-7-8-9-10-11-12-13-14-29-40-26-22-25-28(16-33,39-25)27(36)30(37)21(15-18(4)23(30)35)32(22,42-29)19(5)24(38-20(6)34)31(26,41-29)17(2)3/h9-15,19,21-22,24-27,33,36-37H,2,7-8,16H2,1,3-6H3/b10-9-,12-11+,14-13+/t19-,21-,22+,24-,25+,26-,27-,28+,29+,30-,31+,32+/m1/s1. The van der Waals surface area contributed by atoms with Gasteiger partial charge >= 0.3 is 11.9 Å². The molecule has 0 aromatic rings. The van der Waals surface area contributed by atoms with Crippen LogP contribution in [0.3, 0.4) is 0 Å². The van der Waals surface area contributed by atoms with Gasteiger partial charge in [-0.2, -0.15) is 0 Å². The second-order valence-electron chi connectivity index (χ2n) is 12.6. The molecule has 228 valence electrons. The number of aliphatic hydroxyl groups is 3. The average molecular weight is 585 g/mol. The summed E-state index contributed by atoms with van der Waals surface area (Å²) in [6.07, 6.45) is 10.0. The summed E-state index contributed by atoms with van der Waals surface area (Å²) in [5, 5.41) is 34.4. The highest BCUT2D eigenvalue weighted by molar-refractivity contribution is 6.05. The molecule has 6 rings (SSSR count). The maximum Gasteiger partial charge on any atom is 0.307 e. The van der Waals surface area contributed by atoms with Crippen LogP contribution in [0, 0.1) is 17.8 Å². The first-order valence-electron chi connectivity index (χ1n) is 14.7. The predicted molar refractivity (Wildman–Crippen MR) is 148 cm³/mol. The van der Waals surface area contributed by atoms with E-state index >= 15 is 0 Å². The van der Waals surface area contributed by atoms with Gasteiger partial charge in [-0.3, -0.25) is 9.59 Å². The number of allylic oxidation sites excluding steroid dienone is 5. The zero-order valence-corrected chi connectivity index (χ0v) is 24.6. The first-order valence-corrected chi connectivity index (χ1v) is 14.7. The van der Waals surface area contributed by atoms with Crippen LogP contribution in [0.2, 0.25) is 0 Å². The number of epoxide rings is 1. The topological polar surface area (TPSA) is 144 Å². The van der Waals surface area contributed by atoms with E-state index in [0.29, 0.717) is 5.57 Å². The Kier molecular flexibility index (Phi) is 6.72. The fraction of sp³-hybridized carbons (Fsp3) is 0.625. The van der Waals surface area contributed by atoms with Crippen LogP contribution in [0.15, 0.2) is 60.3 Å². The fourth-order valence-electron chi connectivity index (χ4n) is 8.45. The Morgan fingerprint density at radius 1 is 1.14 bits per heavy atom. The highest BCUT2D eigenvalue weighted by Gasteiger charge is 2.90. The van der Waals surface area contributed by atoms with Gasteiger partial charge in [0.2, 0.25) is 0 Å². The Morgan fingerprint density at radius 2 is 1.86 bits per heavy atom. The maximum absolute atomic E-state index is 13.6. The van der Waals surface area contributed by atoms with Crippen molar-refractivity contribution in [3.05, 3.63) is 60.3 Å². The summed E-state index contributed by atoms with van der Waals surface area (Å²) in [6.45, 7) is 12.1. The number of esters is 1. The van der Waals surface area contributed by atoms with Crippen LogP contribution in [0.5, 0.6) is 0 Å². The number of hydrogen-bond donors (Lipinski definition) is 3. The molecule has 3 N–H and O–H groups in total. The van der Waals surface area contributed by atoms with E-state index in [4.69, 9.17) is 23.7 Å². The number of aliphatic hydroxyl groups excluding tert-OH is 2. The van der Waals surface area contributed by atoms with Crippen molar-refractivity contribution in [1.82, 2.24) is 0 Å². The van der Waals surface area contributed by atoms with Crippen LogP contribution >= 0.6 is 0 Å². The molecule has 0 aromatic heterocycles. The van der Waals surface area contributed by atoms with E-state index < -0.39 is 88.9 Å². The lowest BCUT2D eigenvalue weighted by Crippen LogP contribution is -2.76. The van der Waals surface area contributed by atoms with Crippen LogP contribution in [0.25, 0.3) is 0 Å². The lowest BCUT2D eigenvalue weighted by atomic mass is 9.53. The highest BCUT2D eigenvalue weighted by Crippen LogP contribution is 2.73. The number of carbonyl (C=O) groups is 2. The molecule has 0 radical (unpaired) electrons. The van der Waals surface area contributed by atoms with Crippen molar-refractivity contribution in [2.45, 2.75) is 100 Å². The van der Waals surface area contributed by atoms with Crippen molar-refractivity contribution in [3.63, 3.8) is 0 Å². The van der Waals surface area contributed by atoms with E-state index in [1.165, 1.54) is 6.92 Å². The van der Waals surface area contributed by atoms with Crippen LogP contribution < -0.4 is 0 Å². The van der Waals surface area contributed by atoms with Crippen LogP contribution in [0.1, 0.15) is 47.5 Å². The molecule has 10 nitrogen and oxygen atoms in total. The fourth-order valence-corrected chi connectivity index (χ4v) is 8.45. The van der Waals surface area contributed by atoms with E-state index in [1.807, 2.05) is 19.1 Å². The van der Waals surface area contributed by atoms with Gasteiger partial charge in [0, 0.05) is 30.8 Å². The summed E-state index contributed by atoms with van der Waals surface area (Å²) in [5.74, 6) is -5.65. The highest BCUT2D eigenvalue weighted by atomic mass is 16.9. The van der Waals surface area contributed by atoms with E-state index in [0.717, 1.165) is 12.8 Å². The molecule has 0 amide bonds. The lowest BCUT2D eigenvalue weighted by Gasteiger charge is -2.61. The van der Waals surface area contributed by atoms with Gasteiger partial charge < -0.3 is 39.0 Å². The molecule has 3 bridgehead atoms. The van der Waals surface area contributed by atoms with Crippen molar-refractivity contribution in [3.8, 4) is 0 Å². The van der Waals surface area contributed by atoms with E-state index in [1.54, 1.807) is 38.2 Å². The number of ketones is 1. The molecule has 12 atom stereocenters. The van der Waals surface area contributed by atoms with Crippen molar-refractivity contribution in [2.75, 3.05) is 6.61 Å². The quantitative estimate of drug-likeness (QED) is 0.168. The van der Waals surface area contributed by atoms with Gasteiger partial charge in [-0.15, -0.1) is 0 Å². The Hall–Kier alpha value is -2.44. The Morgan fingerprint density at radius 3 is 2.50 bits per heavy atom. The first kappa shape index (κ1) is 29.6. The molecular weight excluding hydrogens is 544 g/mol. The monoisotopic (exact) mass is 584 g/mol. The summed E-state index contributed by atoms with van der Waals surface area (Å²) in [5.41, 5.74) is -6.19. The van der Waals surface area contributed by atoms with Gasteiger partial charge in [0.1, 0.15) is 30.0 Å². The minimum absolute atomic E-state index is 0.240. The van der Waals surface area contributed by atoms with Crippen molar-refractivity contribution in [1.29, 1.82) is 0 Å². The molecule has 0 unspecified atom stereocenters. The predicted octanol–water partition coefficient (Wildman–Crippen LogP) is 2.19. The molecule has 3 saturated heterocycles. The largest absolute Gasteiger partial charge is 0.459 e. The minimum Gasteiger partial charge on any atom is -0.459 e. The SMILES string of the molecule is C=C(C)[C@@]12O[C@]3(/C=C/C=C/C=C\CCC)O[C@@H]1[C@@H]1[C@@H]4O[C@]4(CO)[C@@H](O)[C@]4(O)C(=O)C(C)=C[C@H]4[C@@]1(O3)[C@H](C)[C@H]2OC(C)=O. The zero-order valence-electron chi connectivity index (χ0n) is 24.6. The minimum atomic E-state index is -2.39.